The van der Waals surface area contributed by atoms with Gasteiger partial charge in [0.15, 0.2) is 0 Å². The molecule has 1 heterocycles. The number of hydrogen-bond donors (Lipinski definition) is 2. The van der Waals surface area contributed by atoms with Gasteiger partial charge in [-0.3, -0.25) is 4.79 Å². The van der Waals surface area contributed by atoms with Gasteiger partial charge in [-0.1, -0.05) is 0 Å². The third-order valence-electron chi connectivity index (χ3n) is 5.78. The van der Waals surface area contributed by atoms with Gasteiger partial charge in [0.2, 0.25) is 5.91 Å². The van der Waals surface area contributed by atoms with Crippen molar-refractivity contribution in [2.75, 3.05) is 13.1 Å². The molecule has 18 heavy (non-hydrogen) atoms. The van der Waals surface area contributed by atoms with Crippen LogP contribution in [0, 0.1) is 23.7 Å². The van der Waals surface area contributed by atoms with Crippen molar-refractivity contribution in [3.63, 3.8) is 0 Å². The Bertz CT molecular complexity index is 326. The van der Waals surface area contributed by atoms with E-state index in [1.807, 2.05) is 0 Å². The van der Waals surface area contributed by atoms with Gasteiger partial charge in [0.1, 0.15) is 0 Å². The lowest BCUT2D eigenvalue weighted by Gasteiger charge is -2.57. The molecule has 5 aliphatic rings. The molecule has 4 saturated carbocycles. The predicted molar refractivity (Wildman–Crippen MR) is 70.0 cm³/mol. The quantitative estimate of drug-likeness (QED) is 0.798. The maximum Gasteiger partial charge on any atom is 0.220 e. The second-order valence-corrected chi connectivity index (χ2v) is 7.47. The van der Waals surface area contributed by atoms with E-state index in [2.05, 4.69) is 10.6 Å². The maximum atomic E-state index is 12.2. The van der Waals surface area contributed by atoms with E-state index in [9.17, 15) is 4.79 Å². The van der Waals surface area contributed by atoms with Crippen LogP contribution < -0.4 is 10.6 Å². The van der Waals surface area contributed by atoms with Crippen LogP contribution in [-0.4, -0.2) is 24.5 Å². The van der Waals surface area contributed by atoms with E-state index in [-0.39, 0.29) is 5.54 Å². The Hall–Kier alpha value is -0.570. The van der Waals surface area contributed by atoms with E-state index < -0.39 is 0 Å². The minimum Gasteiger partial charge on any atom is -0.351 e. The molecule has 1 aliphatic heterocycles. The zero-order valence-electron chi connectivity index (χ0n) is 11.1. The zero-order valence-corrected chi connectivity index (χ0v) is 11.1. The third kappa shape index (κ3) is 1.87. The molecule has 1 amide bonds. The summed E-state index contributed by atoms with van der Waals surface area (Å²) in [4.78, 5) is 12.2. The topological polar surface area (TPSA) is 41.1 Å². The lowest BCUT2D eigenvalue weighted by Crippen LogP contribution is -2.60. The number of amides is 1. The second kappa shape index (κ2) is 3.96. The predicted octanol–water partition coefficient (Wildman–Crippen LogP) is 1.68. The highest BCUT2D eigenvalue weighted by atomic mass is 16.1. The third-order valence-corrected chi connectivity index (χ3v) is 5.78. The molecule has 3 nitrogen and oxygen atoms in total. The molecule has 100 valence electrons. The molecule has 1 saturated heterocycles. The van der Waals surface area contributed by atoms with Crippen molar-refractivity contribution in [3.8, 4) is 0 Å². The Labute approximate surface area is 109 Å². The summed E-state index contributed by atoms with van der Waals surface area (Å²) >= 11 is 0. The van der Waals surface area contributed by atoms with Gasteiger partial charge in [-0.25, -0.2) is 0 Å². The Balaban J connectivity index is 1.42. The van der Waals surface area contributed by atoms with Crippen molar-refractivity contribution in [1.29, 1.82) is 0 Å². The Kier molecular flexibility index (Phi) is 2.48. The van der Waals surface area contributed by atoms with Crippen molar-refractivity contribution in [1.82, 2.24) is 10.6 Å². The maximum absolute atomic E-state index is 12.2. The highest BCUT2D eigenvalue weighted by molar-refractivity contribution is 5.77. The normalized spacial score (nSPS) is 45.9. The summed E-state index contributed by atoms with van der Waals surface area (Å²) in [5.41, 5.74) is 0.211. The average Bonchev–Trinajstić information content (AvgIpc) is 2.20. The lowest BCUT2D eigenvalue weighted by molar-refractivity contribution is -0.128. The van der Waals surface area contributed by atoms with Crippen LogP contribution in [0.2, 0.25) is 0 Å². The highest BCUT2D eigenvalue weighted by Crippen LogP contribution is 2.55. The summed E-state index contributed by atoms with van der Waals surface area (Å²) < 4.78 is 0. The minimum atomic E-state index is 0.211. The van der Waals surface area contributed by atoms with Crippen LogP contribution in [0.15, 0.2) is 0 Å². The fourth-order valence-corrected chi connectivity index (χ4v) is 5.37. The summed E-state index contributed by atoms with van der Waals surface area (Å²) in [5, 5.41) is 6.70. The molecule has 0 aromatic carbocycles. The fraction of sp³-hybridized carbons (Fsp3) is 0.933. The van der Waals surface area contributed by atoms with Crippen LogP contribution in [-0.2, 0) is 4.79 Å². The average molecular weight is 248 g/mol. The Morgan fingerprint density at radius 1 is 1.06 bits per heavy atom. The summed E-state index contributed by atoms with van der Waals surface area (Å²) in [5.74, 6) is 3.67. The molecule has 4 bridgehead atoms. The summed E-state index contributed by atoms with van der Waals surface area (Å²) in [7, 11) is 0. The lowest BCUT2D eigenvalue weighted by atomic mass is 9.53. The van der Waals surface area contributed by atoms with Crippen molar-refractivity contribution in [2.24, 2.45) is 23.7 Å². The molecule has 3 heteroatoms. The second-order valence-electron chi connectivity index (χ2n) is 7.47. The smallest absolute Gasteiger partial charge is 0.220 e. The van der Waals surface area contributed by atoms with Crippen molar-refractivity contribution < 1.29 is 4.79 Å². The number of hydrogen-bond acceptors (Lipinski definition) is 2. The zero-order chi connectivity index (χ0) is 12.2. The van der Waals surface area contributed by atoms with E-state index in [1.54, 1.807) is 0 Å². The Morgan fingerprint density at radius 2 is 1.61 bits per heavy atom. The summed E-state index contributed by atoms with van der Waals surface area (Å²) in [6, 6.07) is 0. The van der Waals surface area contributed by atoms with E-state index in [0.717, 1.165) is 37.3 Å². The van der Waals surface area contributed by atoms with Crippen LogP contribution in [0.3, 0.4) is 0 Å². The molecule has 0 aromatic heterocycles. The fourth-order valence-electron chi connectivity index (χ4n) is 5.37. The van der Waals surface area contributed by atoms with Gasteiger partial charge in [0.25, 0.3) is 0 Å². The van der Waals surface area contributed by atoms with E-state index in [0.29, 0.717) is 11.8 Å². The van der Waals surface area contributed by atoms with Crippen LogP contribution in [0.5, 0.6) is 0 Å². The van der Waals surface area contributed by atoms with Gasteiger partial charge >= 0.3 is 0 Å². The number of rotatable bonds is 3. The molecule has 0 aromatic rings. The van der Waals surface area contributed by atoms with Gasteiger partial charge in [0, 0.05) is 12.0 Å². The molecule has 0 spiro atoms. The van der Waals surface area contributed by atoms with Gasteiger partial charge in [-0.15, -0.1) is 0 Å². The standard InChI is InChI=1S/C15H24N2O/c18-14(4-13-8-16-9-13)17-15-5-10-1-11(6-15)3-12(2-10)7-15/h10-13,16H,1-9H2,(H,17,18). The highest BCUT2D eigenvalue weighted by Gasteiger charge is 2.51. The minimum absolute atomic E-state index is 0.211. The summed E-state index contributed by atoms with van der Waals surface area (Å²) in [6.07, 6.45) is 8.90. The Morgan fingerprint density at radius 3 is 2.06 bits per heavy atom. The molecular formula is C15H24N2O. The molecule has 5 rings (SSSR count). The number of carbonyl (C=O) groups is 1. The van der Waals surface area contributed by atoms with Gasteiger partial charge in [-0.05, 0) is 75.3 Å². The van der Waals surface area contributed by atoms with Crippen molar-refractivity contribution in [2.45, 2.75) is 50.5 Å². The van der Waals surface area contributed by atoms with E-state index in [1.165, 1.54) is 38.5 Å². The van der Waals surface area contributed by atoms with E-state index in [4.69, 9.17) is 0 Å². The van der Waals surface area contributed by atoms with Crippen LogP contribution in [0.25, 0.3) is 0 Å². The molecule has 0 unspecified atom stereocenters. The summed E-state index contributed by atoms with van der Waals surface area (Å²) in [6.45, 7) is 2.07. The first-order chi connectivity index (χ1) is 8.71. The van der Waals surface area contributed by atoms with Crippen molar-refractivity contribution in [3.05, 3.63) is 0 Å². The van der Waals surface area contributed by atoms with Gasteiger partial charge < -0.3 is 10.6 Å². The SMILES string of the molecule is O=C(CC1CNC1)NC12CC3CC(CC(C3)C1)C2. The first kappa shape index (κ1) is 11.3. The monoisotopic (exact) mass is 248 g/mol. The van der Waals surface area contributed by atoms with Gasteiger partial charge in [0.05, 0.1) is 0 Å². The van der Waals surface area contributed by atoms with E-state index >= 15 is 0 Å². The van der Waals surface area contributed by atoms with Crippen LogP contribution in [0.1, 0.15) is 44.9 Å². The molecule has 0 radical (unpaired) electrons. The van der Waals surface area contributed by atoms with Gasteiger partial charge in [-0.2, -0.15) is 0 Å². The molecule has 5 fully saturated rings. The molecule has 4 aliphatic carbocycles. The van der Waals surface area contributed by atoms with Crippen LogP contribution in [0.4, 0.5) is 0 Å². The first-order valence-corrected chi connectivity index (χ1v) is 7.72. The number of carbonyl (C=O) groups excluding carboxylic acids is 1. The molecular weight excluding hydrogens is 224 g/mol. The number of nitrogens with one attached hydrogen (secondary N) is 2. The largest absolute Gasteiger partial charge is 0.351 e. The molecule has 2 N–H and O–H groups in total. The van der Waals surface area contributed by atoms with Crippen molar-refractivity contribution >= 4 is 5.91 Å². The molecule has 0 atom stereocenters. The van der Waals surface area contributed by atoms with Crippen LogP contribution >= 0.6 is 0 Å². The first-order valence-electron chi connectivity index (χ1n) is 7.72.